The fraction of sp³-hybridized carbons (Fsp3) is 0.893. The van der Waals surface area contributed by atoms with Gasteiger partial charge in [-0.15, -0.1) is 0 Å². The average Bonchev–Trinajstić information content (AvgIpc) is 2.98. The third-order valence-corrected chi connectivity index (χ3v) is 8.74. The van der Waals surface area contributed by atoms with E-state index >= 15 is 0 Å². The number of hydrogen-bond donors (Lipinski definition) is 1. The van der Waals surface area contributed by atoms with Crippen molar-refractivity contribution in [3.8, 4) is 0 Å². The minimum absolute atomic E-state index is 0.0348. The van der Waals surface area contributed by atoms with Crippen LogP contribution in [0.3, 0.4) is 0 Å². The van der Waals surface area contributed by atoms with E-state index in [4.69, 9.17) is 4.99 Å². The van der Waals surface area contributed by atoms with Crippen molar-refractivity contribution in [1.82, 2.24) is 15.1 Å². The molecular weight excluding hydrogens is 424 g/mol. The van der Waals surface area contributed by atoms with Gasteiger partial charge in [-0.25, -0.2) is 0 Å². The zero-order valence-corrected chi connectivity index (χ0v) is 21.4. The van der Waals surface area contributed by atoms with Crippen molar-refractivity contribution in [2.45, 2.75) is 128 Å². The number of amidine groups is 1. The maximum absolute atomic E-state index is 13.0. The summed E-state index contributed by atoms with van der Waals surface area (Å²) in [5, 5.41) is 3.05. The molecule has 3 fully saturated rings. The topological polar surface area (TPSA) is 65.0 Å². The number of carbonyl (C=O) groups excluding carboxylic acids is 2. The van der Waals surface area contributed by atoms with Crippen LogP contribution in [0.2, 0.25) is 0 Å². The highest BCUT2D eigenvalue weighted by molar-refractivity contribution is 6.02. The molecule has 4 aliphatic rings. The minimum Gasteiger partial charge on any atom is -0.340 e. The fourth-order valence-corrected chi connectivity index (χ4v) is 6.57. The summed E-state index contributed by atoms with van der Waals surface area (Å²) in [6, 6.07) is 0.834. The Morgan fingerprint density at radius 1 is 0.765 bits per heavy atom. The second-order valence-electron chi connectivity index (χ2n) is 11.2. The number of fused-ring (bicyclic) bond motifs is 1. The summed E-state index contributed by atoms with van der Waals surface area (Å²) in [5.74, 6) is 1.15. The highest BCUT2D eigenvalue weighted by atomic mass is 16.2. The molecule has 34 heavy (non-hydrogen) atoms. The molecule has 0 aromatic heterocycles. The molecule has 0 aromatic rings. The monoisotopic (exact) mass is 472 g/mol. The predicted molar refractivity (Wildman–Crippen MR) is 138 cm³/mol. The van der Waals surface area contributed by atoms with Crippen molar-refractivity contribution in [3.05, 3.63) is 0 Å². The Morgan fingerprint density at radius 2 is 1.32 bits per heavy atom. The maximum Gasteiger partial charge on any atom is 0.230 e. The van der Waals surface area contributed by atoms with Gasteiger partial charge in [-0.3, -0.25) is 19.5 Å². The molecule has 0 aromatic carbocycles. The molecule has 1 N–H and O–H groups in total. The van der Waals surface area contributed by atoms with E-state index in [-0.39, 0.29) is 23.8 Å². The molecule has 2 saturated carbocycles. The molecule has 2 unspecified atom stereocenters. The Bertz CT molecular complexity index is 676. The molecule has 6 nitrogen and oxygen atoms in total. The lowest BCUT2D eigenvalue weighted by Gasteiger charge is -2.40. The molecule has 0 bridgehead atoms. The van der Waals surface area contributed by atoms with Gasteiger partial charge in [-0.05, 0) is 25.7 Å². The number of hydrogen-bond acceptors (Lipinski definition) is 4. The lowest BCUT2D eigenvalue weighted by molar-refractivity contribution is -0.133. The Hall–Kier alpha value is -1.43. The first-order valence-corrected chi connectivity index (χ1v) is 14.6. The summed E-state index contributed by atoms with van der Waals surface area (Å²) >= 11 is 0. The van der Waals surface area contributed by atoms with E-state index in [2.05, 4.69) is 10.2 Å². The normalized spacial score (nSPS) is 29.1. The Kier molecular flexibility index (Phi) is 10.3. The van der Waals surface area contributed by atoms with E-state index in [9.17, 15) is 9.59 Å². The molecule has 1 saturated heterocycles. The zero-order chi connectivity index (χ0) is 23.6. The Morgan fingerprint density at radius 3 is 1.97 bits per heavy atom. The number of aliphatic imine (C=N–C) groups is 1. The first-order chi connectivity index (χ1) is 16.7. The predicted octanol–water partition coefficient (Wildman–Crippen LogP) is 5.06. The van der Waals surface area contributed by atoms with Crippen molar-refractivity contribution in [2.75, 3.05) is 26.2 Å². The van der Waals surface area contributed by atoms with Crippen molar-refractivity contribution in [2.24, 2.45) is 10.9 Å². The quantitative estimate of drug-likeness (QED) is 0.622. The second-order valence-corrected chi connectivity index (χ2v) is 11.2. The van der Waals surface area contributed by atoms with Crippen molar-refractivity contribution in [3.63, 3.8) is 0 Å². The number of rotatable bonds is 4. The number of amides is 2. The fourth-order valence-electron chi connectivity index (χ4n) is 6.57. The number of nitrogens with zero attached hydrogens (tertiary/aromatic N) is 3. The number of piperazine rings is 1. The van der Waals surface area contributed by atoms with Crippen LogP contribution < -0.4 is 5.32 Å². The summed E-state index contributed by atoms with van der Waals surface area (Å²) in [5.41, 5.74) is 0. The van der Waals surface area contributed by atoms with Gasteiger partial charge in [0.05, 0.1) is 12.0 Å². The van der Waals surface area contributed by atoms with Crippen LogP contribution in [0, 0.1) is 5.92 Å². The van der Waals surface area contributed by atoms with Crippen LogP contribution in [0.15, 0.2) is 4.99 Å². The summed E-state index contributed by atoms with van der Waals surface area (Å²) < 4.78 is 0. The van der Waals surface area contributed by atoms with Crippen LogP contribution in [0.4, 0.5) is 0 Å². The van der Waals surface area contributed by atoms with Gasteiger partial charge in [-0.2, -0.15) is 0 Å². The van der Waals surface area contributed by atoms with E-state index in [1.165, 1.54) is 77.0 Å². The number of nitrogens with one attached hydrogen (secondary N) is 1. The maximum atomic E-state index is 13.0. The molecule has 192 valence electrons. The highest BCUT2D eigenvalue weighted by Gasteiger charge is 2.33. The van der Waals surface area contributed by atoms with Crippen molar-refractivity contribution < 1.29 is 9.59 Å². The smallest absolute Gasteiger partial charge is 0.230 e. The minimum atomic E-state index is 0.0348. The molecule has 2 aliphatic carbocycles. The van der Waals surface area contributed by atoms with Crippen LogP contribution in [0.5, 0.6) is 0 Å². The van der Waals surface area contributed by atoms with Crippen molar-refractivity contribution >= 4 is 17.6 Å². The first kappa shape index (κ1) is 25.7. The van der Waals surface area contributed by atoms with Gasteiger partial charge in [0.15, 0.2) is 0 Å². The molecule has 2 amide bonds. The van der Waals surface area contributed by atoms with Gasteiger partial charge < -0.3 is 10.2 Å². The molecule has 6 heteroatoms. The molecule has 0 spiro atoms. The van der Waals surface area contributed by atoms with E-state index in [1.807, 2.05) is 4.90 Å². The molecule has 4 rings (SSSR count). The van der Waals surface area contributed by atoms with Gasteiger partial charge in [0.1, 0.15) is 5.84 Å². The molecule has 2 heterocycles. The van der Waals surface area contributed by atoms with Crippen LogP contribution in [0.1, 0.15) is 116 Å². The number of carbonyl (C=O) groups is 2. The lowest BCUT2D eigenvalue weighted by Crippen LogP contribution is -2.52. The van der Waals surface area contributed by atoms with Gasteiger partial charge >= 0.3 is 0 Å². The second kappa shape index (κ2) is 13.6. The Balaban J connectivity index is 1.22. The highest BCUT2D eigenvalue weighted by Crippen LogP contribution is 2.27. The largest absolute Gasteiger partial charge is 0.340 e. The third kappa shape index (κ3) is 7.53. The standard InChI is InChI=1S/C28H48N4O2/c33-27(18-17-26-29-25-16-12-8-4-7-11-15-24(25)28(34)30-26)32-21-19-31(20-22-32)23-13-9-5-2-1-3-6-10-14-23/h23-25H,1-22H2,(H,29,30,34). The van der Waals surface area contributed by atoms with E-state index < -0.39 is 0 Å². The summed E-state index contributed by atoms with van der Waals surface area (Å²) in [6.07, 6.45) is 21.4. The Labute approximate surface area is 207 Å². The van der Waals surface area contributed by atoms with Gasteiger partial charge in [-0.1, -0.05) is 77.0 Å². The van der Waals surface area contributed by atoms with E-state index in [1.54, 1.807) is 0 Å². The van der Waals surface area contributed by atoms with Crippen LogP contribution in [-0.2, 0) is 9.59 Å². The lowest BCUT2D eigenvalue weighted by atomic mass is 9.89. The molecule has 2 atom stereocenters. The van der Waals surface area contributed by atoms with Gasteiger partial charge in [0.25, 0.3) is 0 Å². The molecule has 2 aliphatic heterocycles. The summed E-state index contributed by atoms with van der Waals surface area (Å²) in [6.45, 7) is 3.72. The first-order valence-electron chi connectivity index (χ1n) is 14.6. The van der Waals surface area contributed by atoms with Gasteiger partial charge in [0, 0.05) is 45.1 Å². The average molecular weight is 473 g/mol. The van der Waals surface area contributed by atoms with Crippen LogP contribution in [0.25, 0.3) is 0 Å². The zero-order valence-electron chi connectivity index (χ0n) is 21.4. The van der Waals surface area contributed by atoms with E-state index in [0.717, 1.165) is 57.7 Å². The third-order valence-electron chi connectivity index (χ3n) is 8.74. The molecular formula is C28H48N4O2. The van der Waals surface area contributed by atoms with Crippen LogP contribution >= 0.6 is 0 Å². The summed E-state index contributed by atoms with van der Waals surface area (Å²) in [4.78, 5) is 35.3. The van der Waals surface area contributed by atoms with Gasteiger partial charge in [0.2, 0.25) is 11.8 Å². The molecule has 0 radical (unpaired) electrons. The van der Waals surface area contributed by atoms with Crippen LogP contribution in [-0.4, -0.2) is 65.7 Å². The SMILES string of the molecule is O=C1NC(CCC(=O)N2CCN(C3CCCCCCCCC3)CC2)=NC2CCCCCCCC12. The summed E-state index contributed by atoms with van der Waals surface area (Å²) in [7, 11) is 0. The van der Waals surface area contributed by atoms with E-state index in [0.29, 0.717) is 18.9 Å². The van der Waals surface area contributed by atoms with Crippen molar-refractivity contribution in [1.29, 1.82) is 0 Å².